The predicted octanol–water partition coefficient (Wildman–Crippen LogP) is -0.391. The molecule has 1 saturated heterocycles. The average Bonchev–Trinajstić information content (AvgIpc) is 2.72. The van der Waals surface area contributed by atoms with Crippen LogP contribution in [0.3, 0.4) is 0 Å². The second-order valence-electron chi connectivity index (χ2n) is 7.47. The highest BCUT2D eigenvalue weighted by Crippen LogP contribution is 2.09. The summed E-state index contributed by atoms with van der Waals surface area (Å²) in [7, 11) is 0. The van der Waals surface area contributed by atoms with Crippen LogP contribution in [0.1, 0.15) is 18.3 Å². The van der Waals surface area contributed by atoms with Gasteiger partial charge in [0, 0.05) is 65.4 Å². The van der Waals surface area contributed by atoms with Gasteiger partial charge in [0.15, 0.2) is 0 Å². The molecule has 0 spiro atoms. The molecule has 1 aromatic rings. The molecule has 28 heavy (non-hydrogen) atoms. The van der Waals surface area contributed by atoms with Crippen LogP contribution in [0.15, 0.2) is 18.2 Å². The molecule has 2 bridgehead atoms. The highest BCUT2D eigenvalue weighted by atomic mass is 16.2. The van der Waals surface area contributed by atoms with Crippen molar-refractivity contribution in [1.29, 1.82) is 0 Å². The van der Waals surface area contributed by atoms with Crippen molar-refractivity contribution in [1.82, 2.24) is 29.9 Å². The van der Waals surface area contributed by atoms with Gasteiger partial charge in [-0.05, 0) is 18.7 Å². The van der Waals surface area contributed by atoms with Crippen LogP contribution >= 0.6 is 0 Å². The Labute approximate surface area is 167 Å². The number of piperazine rings is 1. The van der Waals surface area contributed by atoms with E-state index in [1.54, 1.807) is 4.90 Å². The van der Waals surface area contributed by atoms with Gasteiger partial charge in [-0.3, -0.25) is 24.4 Å². The molecule has 8 nitrogen and oxygen atoms in total. The van der Waals surface area contributed by atoms with Crippen molar-refractivity contribution >= 4 is 12.3 Å². The lowest BCUT2D eigenvalue weighted by atomic mass is 10.2. The Morgan fingerprint density at radius 3 is 2.32 bits per heavy atom. The van der Waals surface area contributed by atoms with Crippen molar-refractivity contribution in [3.8, 4) is 0 Å². The molecule has 0 radical (unpaired) electrons. The third kappa shape index (κ3) is 5.98. The molecule has 0 unspecified atom stereocenters. The van der Waals surface area contributed by atoms with E-state index in [0.717, 1.165) is 57.1 Å². The molecule has 2 amide bonds. The summed E-state index contributed by atoms with van der Waals surface area (Å²) in [6.07, 6.45) is 0.863. The van der Waals surface area contributed by atoms with E-state index in [1.165, 1.54) is 0 Å². The second-order valence-corrected chi connectivity index (χ2v) is 7.47. The van der Waals surface area contributed by atoms with Crippen LogP contribution in [-0.2, 0) is 22.7 Å². The Morgan fingerprint density at radius 2 is 1.68 bits per heavy atom. The number of nitrogens with zero attached hydrogens (tertiary/aromatic N) is 5. The molecular weight excluding hydrogens is 356 g/mol. The van der Waals surface area contributed by atoms with Gasteiger partial charge in [0.05, 0.1) is 17.9 Å². The summed E-state index contributed by atoms with van der Waals surface area (Å²) in [5.41, 5.74) is 2.09. The highest BCUT2D eigenvalue weighted by molar-refractivity contribution is 5.78. The van der Waals surface area contributed by atoms with Gasteiger partial charge >= 0.3 is 0 Å². The Bertz CT molecular complexity index is 647. The summed E-state index contributed by atoms with van der Waals surface area (Å²) in [5.74, 6) is 0.131. The minimum absolute atomic E-state index is 0.131. The largest absolute Gasteiger partial charge is 0.342 e. The fraction of sp³-hybridized carbons (Fsp3) is 0.650. The van der Waals surface area contributed by atoms with Crippen molar-refractivity contribution in [2.45, 2.75) is 20.0 Å². The van der Waals surface area contributed by atoms with Gasteiger partial charge < -0.3 is 15.1 Å². The lowest BCUT2D eigenvalue weighted by Crippen LogP contribution is -2.51. The number of rotatable bonds is 4. The monoisotopic (exact) mass is 388 g/mol. The highest BCUT2D eigenvalue weighted by Gasteiger charge is 2.22. The van der Waals surface area contributed by atoms with E-state index in [2.05, 4.69) is 34.2 Å². The lowest BCUT2D eigenvalue weighted by molar-refractivity contribution is -0.136. The zero-order valence-corrected chi connectivity index (χ0v) is 16.8. The average molecular weight is 389 g/mol. The molecule has 0 atom stereocenters. The quantitative estimate of drug-likeness (QED) is 0.709. The van der Waals surface area contributed by atoms with Gasteiger partial charge in [-0.25, -0.2) is 0 Å². The number of nitrogens with one attached hydrogen (secondary N) is 1. The molecule has 154 valence electrons. The fourth-order valence-corrected chi connectivity index (χ4v) is 3.69. The lowest BCUT2D eigenvalue weighted by Gasteiger charge is -2.34. The second kappa shape index (κ2) is 10.5. The Hall–Kier alpha value is -2.03. The molecule has 3 heterocycles. The van der Waals surface area contributed by atoms with Gasteiger partial charge in [0.1, 0.15) is 0 Å². The van der Waals surface area contributed by atoms with Gasteiger partial charge in [-0.1, -0.05) is 13.0 Å². The third-order valence-corrected chi connectivity index (χ3v) is 5.47. The first-order valence-electron chi connectivity index (χ1n) is 10.3. The van der Waals surface area contributed by atoms with Crippen LogP contribution in [0, 0.1) is 0 Å². The van der Waals surface area contributed by atoms with E-state index >= 15 is 0 Å². The first-order chi connectivity index (χ1) is 13.7. The molecule has 1 N–H and O–H groups in total. The summed E-state index contributed by atoms with van der Waals surface area (Å²) >= 11 is 0. The Balaban J connectivity index is 1.63. The molecule has 1 fully saturated rings. The van der Waals surface area contributed by atoms with E-state index < -0.39 is 0 Å². The summed E-state index contributed by atoms with van der Waals surface area (Å²) in [6, 6.07) is 6.18. The Kier molecular flexibility index (Phi) is 7.76. The minimum Gasteiger partial charge on any atom is -0.342 e. The molecule has 0 aliphatic carbocycles. The third-order valence-electron chi connectivity index (χ3n) is 5.47. The number of likely N-dealkylation sites (N-methyl/N-ethyl adjacent to an activating group) is 1. The number of carbonyl (C=O) groups is 2. The number of amides is 2. The number of aromatic nitrogens is 1. The molecule has 2 aliphatic heterocycles. The maximum atomic E-state index is 12.8. The van der Waals surface area contributed by atoms with E-state index in [4.69, 9.17) is 4.98 Å². The minimum atomic E-state index is 0.131. The van der Waals surface area contributed by atoms with Gasteiger partial charge in [-0.2, -0.15) is 0 Å². The first kappa shape index (κ1) is 20.7. The van der Waals surface area contributed by atoms with Gasteiger partial charge in [0.25, 0.3) is 0 Å². The molecule has 3 rings (SSSR count). The summed E-state index contributed by atoms with van der Waals surface area (Å²) in [6.45, 7) is 11.1. The summed E-state index contributed by atoms with van der Waals surface area (Å²) in [5, 5.41) is 3.50. The van der Waals surface area contributed by atoms with E-state index in [0.29, 0.717) is 39.3 Å². The van der Waals surface area contributed by atoms with Crippen LogP contribution in [0.2, 0.25) is 0 Å². The molecule has 1 aromatic heterocycles. The van der Waals surface area contributed by atoms with Gasteiger partial charge in [-0.15, -0.1) is 0 Å². The number of hydrogen-bond donors (Lipinski definition) is 1. The van der Waals surface area contributed by atoms with Crippen molar-refractivity contribution in [3.05, 3.63) is 29.6 Å². The standard InChI is InChI=1S/C20H32N6O2/c1-2-23-8-6-21-7-9-25(15-19-5-3-4-18(14-23)22-19)16-20(28)26-12-10-24(17-27)11-13-26/h3-5,17,21H,2,6-16H2,1H3. The molecule has 8 heteroatoms. The predicted molar refractivity (Wildman–Crippen MR) is 108 cm³/mol. The van der Waals surface area contributed by atoms with Crippen molar-refractivity contribution in [3.63, 3.8) is 0 Å². The van der Waals surface area contributed by atoms with Crippen LogP contribution in [0.25, 0.3) is 0 Å². The van der Waals surface area contributed by atoms with E-state index in [1.807, 2.05) is 11.0 Å². The smallest absolute Gasteiger partial charge is 0.236 e. The maximum absolute atomic E-state index is 12.8. The molecule has 0 aromatic carbocycles. The Morgan fingerprint density at radius 1 is 1.04 bits per heavy atom. The number of pyridine rings is 1. The molecule has 0 saturated carbocycles. The maximum Gasteiger partial charge on any atom is 0.236 e. The summed E-state index contributed by atoms with van der Waals surface area (Å²) < 4.78 is 0. The topological polar surface area (TPSA) is 72.0 Å². The first-order valence-corrected chi connectivity index (χ1v) is 10.3. The van der Waals surface area contributed by atoms with Crippen molar-refractivity contribution in [2.75, 3.05) is 65.4 Å². The van der Waals surface area contributed by atoms with Crippen LogP contribution in [-0.4, -0.2) is 102 Å². The van der Waals surface area contributed by atoms with Crippen molar-refractivity contribution < 1.29 is 9.59 Å². The molecule has 2 aliphatic rings. The number of hydrogen-bond acceptors (Lipinski definition) is 6. The van der Waals surface area contributed by atoms with Gasteiger partial charge in [0.2, 0.25) is 12.3 Å². The normalized spacial score (nSPS) is 20.3. The van der Waals surface area contributed by atoms with E-state index in [-0.39, 0.29) is 5.91 Å². The summed E-state index contributed by atoms with van der Waals surface area (Å²) in [4.78, 5) is 36.6. The zero-order chi connectivity index (χ0) is 19.8. The van der Waals surface area contributed by atoms with Crippen LogP contribution < -0.4 is 5.32 Å². The number of fused-ring (bicyclic) bond motifs is 2. The SMILES string of the molecule is CCN1CCNCCN(CC(=O)N2CCN(C=O)CC2)Cc2cccc(n2)C1. The zero-order valence-electron chi connectivity index (χ0n) is 16.8. The van der Waals surface area contributed by atoms with Crippen LogP contribution in [0.4, 0.5) is 0 Å². The molecular formula is C20H32N6O2. The van der Waals surface area contributed by atoms with E-state index in [9.17, 15) is 9.59 Å². The van der Waals surface area contributed by atoms with Crippen molar-refractivity contribution in [2.24, 2.45) is 0 Å². The number of carbonyl (C=O) groups excluding carboxylic acids is 2. The fourth-order valence-electron chi connectivity index (χ4n) is 3.69. The van der Waals surface area contributed by atoms with Crippen LogP contribution in [0.5, 0.6) is 0 Å².